The molecule has 2 aromatic heterocycles. The van der Waals surface area contributed by atoms with E-state index in [1.54, 1.807) is 17.5 Å². The van der Waals surface area contributed by atoms with Crippen LogP contribution in [0.5, 0.6) is 0 Å². The fourth-order valence-corrected chi connectivity index (χ4v) is 2.65. The van der Waals surface area contributed by atoms with Gasteiger partial charge in [-0.05, 0) is 34.7 Å². The van der Waals surface area contributed by atoms with Gasteiger partial charge in [-0.3, -0.25) is 4.98 Å². The van der Waals surface area contributed by atoms with Crippen LogP contribution in [0.4, 0.5) is 5.69 Å². The number of anilines is 1. The molecular weight excluding hydrogens is 271 g/mol. The molecule has 56 valence electrons. The quantitative estimate of drug-likeness (QED) is 0.751. The molecule has 0 saturated heterocycles. The van der Waals surface area contributed by atoms with Crippen LogP contribution in [0.1, 0.15) is 0 Å². The van der Waals surface area contributed by atoms with E-state index in [-0.39, 0.29) is 0 Å². The van der Waals surface area contributed by atoms with Gasteiger partial charge in [-0.15, -0.1) is 11.3 Å². The predicted molar refractivity (Wildman–Crippen MR) is 56.7 cm³/mol. The number of nitrogens with two attached hydrogens (primary N) is 1. The summed E-state index contributed by atoms with van der Waals surface area (Å²) in [5.74, 6) is 0. The summed E-state index contributed by atoms with van der Waals surface area (Å²) < 4.78 is 2.32. The molecule has 0 amide bonds. The van der Waals surface area contributed by atoms with Crippen LogP contribution >= 0.6 is 33.9 Å². The lowest BCUT2D eigenvalue weighted by Gasteiger charge is -1.91. The standard InChI is InChI=1S/C7H5IN2S/c8-6-3-5-7(11-6)4(9)1-2-10-5/h1-3H,(H2,9,10). The van der Waals surface area contributed by atoms with Gasteiger partial charge < -0.3 is 5.73 Å². The minimum Gasteiger partial charge on any atom is -0.397 e. The van der Waals surface area contributed by atoms with Crippen molar-refractivity contribution in [2.24, 2.45) is 0 Å². The average Bonchev–Trinajstić information content (AvgIpc) is 2.31. The van der Waals surface area contributed by atoms with Crippen molar-refractivity contribution in [3.63, 3.8) is 0 Å². The molecule has 2 N–H and O–H groups in total. The first-order valence-electron chi connectivity index (χ1n) is 3.07. The first kappa shape index (κ1) is 7.30. The Balaban J connectivity index is 2.90. The maximum absolute atomic E-state index is 5.74. The Morgan fingerprint density at radius 2 is 2.36 bits per heavy atom. The van der Waals surface area contributed by atoms with Crippen LogP contribution in [0.2, 0.25) is 0 Å². The van der Waals surface area contributed by atoms with E-state index in [2.05, 4.69) is 27.6 Å². The van der Waals surface area contributed by atoms with Crippen LogP contribution in [0, 0.1) is 2.88 Å². The maximum atomic E-state index is 5.74. The molecule has 2 rings (SSSR count). The minimum atomic E-state index is 0.822. The van der Waals surface area contributed by atoms with Crippen LogP contribution in [0.15, 0.2) is 18.3 Å². The summed E-state index contributed by atoms with van der Waals surface area (Å²) in [6.45, 7) is 0. The highest BCUT2D eigenvalue weighted by molar-refractivity contribution is 14.1. The zero-order valence-electron chi connectivity index (χ0n) is 5.54. The highest BCUT2D eigenvalue weighted by Gasteiger charge is 2.01. The largest absolute Gasteiger partial charge is 0.397 e. The van der Waals surface area contributed by atoms with Gasteiger partial charge in [0.1, 0.15) is 0 Å². The molecule has 2 nitrogen and oxygen atoms in total. The van der Waals surface area contributed by atoms with Crippen LogP contribution in [0.3, 0.4) is 0 Å². The second-order valence-corrected chi connectivity index (χ2v) is 5.11. The van der Waals surface area contributed by atoms with E-state index in [1.807, 2.05) is 12.1 Å². The summed E-state index contributed by atoms with van der Waals surface area (Å²) in [5.41, 5.74) is 7.56. The van der Waals surface area contributed by atoms with E-state index in [9.17, 15) is 0 Å². The summed E-state index contributed by atoms with van der Waals surface area (Å²) in [7, 11) is 0. The SMILES string of the molecule is Nc1ccnc2cc(I)sc12. The summed E-state index contributed by atoms with van der Waals surface area (Å²) in [5, 5.41) is 0. The molecule has 0 aromatic carbocycles. The monoisotopic (exact) mass is 276 g/mol. The van der Waals surface area contributed by atoms with Gasteiger partial charge >= 0.3 is 0 Å². The van der Waals surface area contributed by atoms with Crippen LogP contribution in [-0.4, -0.2) is 4.98 Å². The molecule has 0 bridgehead atoms. The van der Waals surface area contributed by atoms with Crippen molar-refractivity contribution in [2.45, 2.75) is 0 Å². The second-order valence-electron chi connectivity index (χ2n) is 2.17. The number of hydrogen-bond donors (Lipinski definition) is 1. The number of pyridine rings is 1. The first-order chi connectivity index (χ1) is 5.27. The smallest absolute Gasteiger partial charge is 0.0841 e. The van der Waals surface area contributed by atoms with E-state index in [0.29, 0.717) is 0 Å². The van der Waals surface area contributed by atoms with E-state index in [0.717, 1.165) is 15.9 Å². The van der Waals surface area contributed by atoms with Crippen molar-refractivity contribution in [2.75, 3.05) is 5.73 Å². The number of thiophene rings is 1. The molecular formula is C7H5IN2S. The van der Waals surface area contributed by atoms with Crippen molar-refractivity contribution in [3.8, 4) is 0 Å². The van der Waals surface area contributed by atoms with E-state index >= 15 is 0 Å². The number of fused-ring (bicyclic) bond motifs is 1. The van der Waals surface area contributed by atoms with Crippen LogP contribution in [0.25, 0.3) is 10.2 Å². The Morgan fingerprint density at radius 3 is 3.09 bits per heavy atom. The number of aromatic nitrogens is 1. The third-order valence-corrected chi connectivity index (χ3v) is 3.35. The maximum Gasteiger partial charge on any atom is 0.0841 e. The molecule has 0 spiro atoms. The zero-order chi connectivity index (χ0) is 7.84. The number of halogens is 1. The van der Waals surface area contributed by atoms with E-state index < -0.39 is 0 Å². The highest BCUT2D eigenvalue weighted by Crippen LogP contribution is 2.29. The molecule has 2 heterocycles. The third kappa shape index (κ3) is 1.20. The molecule has 0 saturated carbocycles. The predicted octanol–water partition coefficient (Wildman–Crippen LogP) is 2.48. The van der Waals surface area contributed by atoms with Crippen molar-refractivity contribution in [1.29, 1.82) is 0 Å². The second kappa shape index (κ2) is 2.60. The molecule has 0 atom stereocenters. The van der Waals surface area contributed by atoms with Gasteiger partial charge in [0, 0.05) is 6.20 Å². The van der Waals surface area contributed by atoms with Crippen LogP contribution < -0.4 is 5.73 Å². The van der Waals surface area contributed by atoms with Gasteiger partial charge in [0.2, 0.25) is 0 Å². The number of nitrogen functional groups attached to an aromatic ring is 1. The van der Waals surface area contributed by atoms with Gasteiger partial charge in [0.25, 0.3) is 0 Å². The zero-order valence-corrected chi connectivity index (χ0v) is 8.52. The van der Waals surface area contributed by atoms with Gasteiger partial charge in [-0.1, -0.05) is 0 Å². The molecule has 2 aromatic rings. The number of rotatable bonds is 0. The Hall–Kier alpha value is -0.360. The lowest BCUT2D eigenvalue weighted by molar-refractivity contribution is 1.43. The Kier molecular flexibility index (Phi) is 1.72. The van der Waals surface area contributed by atoms with Gasteiger partial charge in [-0.25, -0.2) is 0 Å². The van der Waals surface area contributed by atoms with Crippen molar-refractivity contribution < 1.29 is 0 Å². The van der Waals surface area contributed by atoms with E-state index in [1.165, 1.54) is 2.88 Å². The van der Waals surface area contributed by atoms with Crippen molar-refractivity contribution in [3.05, 3.63) is 21.2 Å². The summed E-state index contributed by atoms with van der Waals surface area (Å²) in [4.78, 5) is 4.19. The molecule has 0 aliphatic carbocycles. The summed E-state index contributed by atoms with van der Waals surface area (Å²) in [6, 6.07) is 3.87. The normalized spacial score (nSPS) is 10.6. The fraction of sp³-hybridized carbons (Fsp3) is 0. The van der Waals surface area contributed by atoms with Crippen molar-refractivity contribution in [1.82, 2.24) is 4.98 Å². The Bertz CT molecular complexity index is 396. The minimum absolute atomic E-state index is 0.822. The van der Waals surface area contributed by atoms with Gasteiger partial charge in [-0.2, -0.15) is 0 Å². The molecule has 0 radical (unpaired) electrons. The molecule has 0 aliphatic rings. The van der Waals surface area contributed by atoms with Crippen molar-refractivity contribution >= 4 is 49.8 Å². The molecule has 4 heteroatoms. The van der Waals surface area contributed by atoms with Gasteiger partial charge in [0.05, 0.1) is 18.8 Å². The summed E-state index contributed by atoms with van der Waals surface area (Å²) in [6.07, 6.45) is 1.74. The van der Waals surface area contributed by atoms with Crippen LogP contribution in [-0.2, 0) is 0 Å². The summed E-state index contributed by atoms with van der Waals surface area (Å²) >= 11 is 3.95. The fourth-order valence-electron chi connectivity index (χ4n) is 0.929. The topological polar surface area (TPSA) is 38.9 Å². The number of hydrogen-bond acceptors (Lipinski definition) is 3. The molecule has 0 unspecified atom stereocenters. The Morgan fingerprint density at radius 1 is 1.55 bits per heavy atom. The third-order valence-electron chi connectivity index (χ3n) is 1.41. The lowest BCUT2D eigenvalue weighted by Crippen LogP contribution is -1.83. The van der Waals surface area contributed by atoms with E-state index in [4.69, 9.17) is 5.73 Å². The first-order valence-corrected chi connectivity index (χ1v) is 4.96. The molecule has 0 aliphatic heterocycles. The highest BCUT2D eigenvalue weighted by atomic mass is 127. The molecule has 11 heavy (non-hydrogen) atoms. The Labute approximate surface area is 81.6 Å². The average molecular weight is 276 g/mol. The lowest BCUT2D eigenvalue weighted by atomic mass is 10.4. The van der Waals surface area contributed by atoms with Gasteiger partial charge in [0.15, 0.2) is 0 Å². The number of nitrogens with zero attached hydrogens (tertiary/aromatic N) is 1. The molecule has 0 fully saturated rings.